The van der Waals surface area contributed by atoms with Crippen molar-refractivity contribution in [3.63, 3.8) is 0 Å². The van der Waals surface area contributed by atoms with Gasteiger partial charge in [0, 0.05) is 5.92 Å². The molecule has 2 fully saturated rings. The molecule has 1 spiro atoms. The van der Waals surface area contributed by atoms with Crippen LogP contribution >= 0.6 is 0 Å². The van der Waals surface area contributed by atoms with E-state index >= 15 is 0 Å². The second kappa shape index (κ2) is 5.13. The standard InChI is InChI=1S/C14H20N4O3/c1-9(2)11-15-10(21-17-11)8-18-12(19)14(16-13(18)20)6-4-3-5-7-14/h9H,3-8H2,1-2H3,(H,16,20). The van der Waals surface area contributed by atoms with Crippen LogP contribution < -0.4 is 5.32 Å². The van der Waals surface area contributed by atoms with E-state index in [2.05, 4.69) is 15.5 Å². The maximum absolute atomic E-state index is 12.6. The molecule has 21 heavy (non-hydrogen) atoms. The van der Waals surface area contributed by atoms with Crippen molar-refractivity contribution in [2.45, 2.75) is 64.0 Å². The molecule has 1 saturated carbocycles. The van der Waals surface area contributed by atoms with Gasteiger partial charge in [-0.2, -0.15) is 4.98 Å². The molecular formula is C14H20N4O3. The van der Waals surface area contributed by atoms with E-state index < -0.39 is 5.54 Å². The lowest BCUT2D eigenvalue weighted by molar-refractivity contribution is -0.133. The highest BCUT2D eigenvalue weighted by atomic mass is 16.5. The first-order valence-electron chi connectivity index (χ1n) is 7.48. The van der Waals surface area contributed by atoms with Gasteiger partial charge in [0.15, 0.2) is 5.82 Å². The van der Waals surface area contributed by atoms with E-state index in [-0.39, 0.29) is 24.4 Å². The molecule has 0 atom stereocenters. The monoisotopic (exact) mass is 292 g/mol. The van der Waals surface area contributed by atoms with Crippen molar-refractivity contribution in [2.75, 3.05) is 0 Å². The molecular weight excluding hydrogens is 272 g/mol. The number of hydrogen-bond acceptors (Lipinski definition) is 5. The minimum Gasteiger partial charge on any atom is -0.337 e. The molecule has 7 nitrogen and oxygen atoms in total. The quantitative estimate of drug-likeness (QED) is 0.860. The first kappa shape index (κ1) is 14.0. The fourth-order valence-corrected chi connectivity index (χ4v) is 3.02. The molecule has 1 N–H and O–H groups in total. The topological polar surface area (TPSA) is 88.3 Å². The predicted octanol–water partition coefficient (Wildman–Crippen LogP) is 1.95. The number of amides is 3. The molecule has 2 heterocycles. The van der Waals surface area contributed by atoms with Gasteiger partial charge in [0.1, 0.15) is 12.1 Å². The third-order valence-corrected chi connectivity index (χ3v) is 4.25. The first-order chi connectivity index (χ1) is 10.0. The zero-order chi connectivity index (χ0) is 15.0. The van der Waals surface area contributed by atoms with Crippen LogP contribution in [0.3, 0.4) is 0 Å². The highest BCUT2D eigenvalue weighted by molar-refractivity contribution is 6.06. The van der Waals surface area contributed by atoms with Gasteiger partial charge in [-0.3, -0.25) is 9.69 Å². The van der Waals surface area contributed by atoms with Gasteiger partial charge < -0.3 is 9.84 Å². The van der Waals surface area contributed by atoms with Crippen LogP contribution in [0.4, 0.5) is 4.79 Å². The second-order valence-electron chi connectivity index (χ2n) is 6.17. The van der Waals surface area contributed by atoms with Crippen LogP contribution in [0.25, 0.3) is 0 Å². The Bertz CT molecular complexity index is 560. The Labute approximate surface area is 123 Å². The Morgan fingerprint density at radius 2 is 2.00 bits per heavy atom. The van der Waals surface area contributed by atoms with Crippen LogP contribution in [0, 0.1) is 0 Å². The van der Waals surface area contributed by atoms with Crippen molar-refractivity contribution in [3.05, 3.63) is 11.7 Å². The Kier molecular flexibility index (Phi) is 3.43. The van der Waals surface area contributed by atoms with E-state index in [1.54, 1.807) is 0 Å². The summed E-state index contributed by atoms with van der Waals surface area (Å²) in [6.07, 6.45) is 4.49. The van der Waals surface area contributed by atoms with E-state index in [0.29, 0.717) is 11.7 Å². The lowest BCUT2D eigenvalue weighted by atomic mass is 9.82. The van der Waals surface area contributed by atoms with Crippen LogP contribution in [0.1, 0.15) is 63.6 Å². The summed E-state index contributed by atoms with van der Waals surface area (Å²) in [6.45, 7) is 3.96. The summed E-state index contributed by atoms with van der Waals surface area (Å²) < 4.78 is 5.13. The van der Waals surface area contributed by atoms with Gasteiger partial charge in [-0.1, -0.05) is 38.3 Å². The average Bonchev–Trinajstić information content (AvgIpc) is 3.00. The molecule has 0 bridgehead atoms. The van der Waals surface area contributed by atoms with Gasteiger partial charge in [0.05, 0.1) is 0 Å². The van der Waals surface area contributed by atoms with Crippen molar-refractivity contribution in [1.29, 1.82) is 0 Å². The van der Waals surface area contributed by atoms with E-state index in [1.807, 2.05) is 13.8 Å². The fourth-order valence-electron chi connectivity index (χ4n) is 3.02. The normalized spacial score (nSPS) is 21.4. The minimum absolute atomic E-state index is 0.0478. The van der Waals surface area contributed by atoms with Gasteiger partial charge in [-0.05, 0) is 12.8 Å². The summed E-state index contributed by atoms with van der Waals surface area (Å²) in [7, 11) is 0. The molecule has 0 unspecified atom stereocenters. The van der Waals surface area contributed by atoms with Crippen molar-refractivity contribution in [1.82, 2.24) is 20.4 Å². The van der Waals surface area contributed by atoms with Gasteiger partial charge in [-0.15, -0.1) is 0 Å². The van der Waals surface area contributed by atoms with E-state index in [1.165, 1.54) is 4.90 Å². The molecule has 3 amide bonds. The Balaban J connectivity index is 1.76. The van der Waals surface area contributed by atoms with Crippen LogP contribution in [-0.4, -0.2) is 32.5 Å². The molecule has 3 rings (SSSR count). The molecule has 1 aliphatic carbocycles. The number of aromatic nitrogens is 2. The number of hydrogen-bond donors (Lipinski definition) is 1. The smallest absolute Gasteiger partial charge is 0.325 e. The number of carbonyl (C=O) groups is 2. The number of urea groups is 1. The number of rotatable bonds is 3. The molecule has 1 aromatic heterocycles. The zero-order valence-electron chi connectivity index (χ0n) is 12.4. The van der Waals surface area contributed by atoms with Crippen LogP contribution in [0.15, 0.2) is 4.52 Å². The maximum atomic E-state index is 12.6. The molecule has 1 saturated heterocycles. The molecule has 1 aromatic rings. The molecule has 1 aliphatic heterocycles. The predicted molar refractivity (Wildman–Crippen MR) is 73.3 cm³/mol. The second-order valence-corrected chi connectivity index (χ2v) is 6.17. The maximum Gasteiger partial charge on any atom is 0.325 e. The van der Waals surface area contributed by atoms with Crippen molar-refractivity contribution >= 4 is 11.9 Å². The first-order valence-corrected chi connectivity index (χ1v) is 7.48. The molecule has 0 aromatic carbocycles. The SMILES string of the molecule is CC(C)c1noc(CN2C(=O)NC3(CCCCC3)C2=O)n1. The van der Waals surface area contributed by atoms with Crippen molar-refractivity contribution in [3.8, 4) is 0 Å². The Morgan fingerprint density at radius 1 is 1.29 bits per heavy atom. The summed E-state index contributed by atoms with van der Waals surface area (Å²) in [6, 6.07) is -0.355. The molecule has 7 heteroatoms. The third kappa shape index (κ3) is 2.41. The largest absolute Gasteiger partial charge is 0.337 e. The molecule has 0 radical (unpaired) electrons. The van der Waals surface area contributed by atoms with E-state index in [4.69, 9.17) is 4.52 Å². The third-order valence-electron chi connectivity index (χ3n) is 4.25. The van der Waals surface area contributed by atoms with Crippen LogP contribution in [-0.2, 0) is 11.3 Å². The van der Waals surface area contributed by atoms with Gasteiger partial charge in [0.2, 0.25) is 5.89 Å². The van der Waals surface area contributed by atoms with Gasteiger partial charge in [-0.25, -0.2) is 4.79 Å². The van der Waals surface area contributed by atoms with Gasteiger partial charge >= 0.3 is 6.03 Å². The van der Waals surface area contributed by atoms with Crippen molar-refractivity contribution in [2.24, 2.45) is 0 Å². The van der Waals surface area contributed by atoms with Gasteiger partial charge in [0.25, 0.3) is 5.91 Å². The number of imide groups is 1. The van der Waals surface area contributed by atoms with Crippen LogP contribution in [0.5, 0.6) is 0 Å². The average molecular weight is 292 g/mol. The minimum atomic E-state index is -0.698. The zero-order valence-corrected chi connectivity index (χ0v) is 12.4. The summed E-state index contributed by atoms with van der Waals surface area (Å²) in [4.78, 5) is 30.1. The molecule has 114 valence electrons. The summed E-state index contributed by atoms with van der Waals surface area (Å²) >= 11 is 0. The van der Waals surface area contributed by atoms with Crippen LogP contribution in [0.2, 0.25) is 0 Å². The summed E-state index contributed by atoms with van der Waals surface area (Å²) in [5, 5.41) is 6.72. The fraction of sp³-hybridized carbons (Fsp3) is 0.714. The summed E-state index contributed by atoms with van der Waals surface area (Å²) in [5.74, 6) is 0.881. The Hall–Kier alpha value is -1.92. The lowest BCUT2D eigenvalue weighted by Gasteiger charge is -2.30. The van der Waals surface area contributed by atoms with E-state index in [9.17, 15) is 9.59 Å². The number of nitrogens with one attached hydrogen (secondary N) is 1. The lowest BCUT2D eigenvalue weighted by Crippen LogP contribution is -2.48. The highest BCUT2D eigenvalue weighted by Gasteiger charge is 2.51. The number of nitrogens with zero attached hydrogens (tertiary/aromatic N) is 3. The highest BCUT2D eigenvalue weighted by Crippen LogP contribution is 2.34. The van der Waals surface area contributed by atoms with E-state index in [0.717, 1.165) is 32.1 Å². The summed E-state index contributed by atoms with van der Waals surface area (Å²) in [5.41, 5.74) is -0.698. The number of carbonyl (C=O) groups excluding carboxylic acids is 2. The van der Waals surface area contributed by atoms with Crippen molar-refractivity contribution < 1.29 is 14.1 Å². The molecule has 2 aliphatic rings. The Morgan fingerprint density at radius 3 is 2.62 bits per heavy atom.